The molecule has 0 aliphatic carbocycles. The average Bonchev–Trinajstić information content (AvgIpc) is 2.59. The molecule has 0 aliphatic heterocycles. The molecule has 0 spiro atoms. The lowest BCUT2D eigenvalue weighted by molar-refractivity contribution is 0.415. The molecule has 0 heterocycles. The number of hydrazine groups is 1. The van der Waals surface area contributed by atoms with E-state index in [2.05, 4.69) is 35.3 Å². The molecule has 134 valence electrons. The Balaban J connectivity index is 2.19. The monoisotopic (exact) mass is 368 g/mol. The van der Waals surface area contributed by atoms with Crippen LogP contribution in [0.1, 0.15) is 39.5 Å². The number of nitrogens with one attached hydrogen (secondary N) is 4. The lowest BCUT2D eigenvalue weighted by atomic mass is 10.0. The molecule has 0 radical (unpaired) electrons. The third-order valence-corrected chi connectivity index (χ3v) is 4.00. The van der Waals surface area contributed by atoms with Crippen LogP contribution in [0.15, 0.2) is 24.3 Å². The van der Waals surface area contributed by atoms with Crippen LogP contribution in [0.2, 0.25) is 0 Å². The van der Waals surface area contributed by atoms with Gasteiger partial charge >= 0.3 is 0 Å². The Hall–Kier alpha value is -1.60. The minimum absolute atomic E-state index is 0.445. The van der Waals surface area contributed by atoms with Gasteiger partial charge in [-0.3, -0.25) is 10.9 Å². The molecule has 5 nitrogen and oxygen atoms in total. The van der Waals surface area contributed by atoms with Gasteiger partial charge in [0.1, 0.15) is 5.75 Å². The summed E-state index contributed by atoms with van der Waals surface area (Å²) in [7, 11) is 1.64. The number of thiocarbonyl (C=S) groups is 2. The van der Waals surface area contributed by atoms with E-state index in [1.807, 2.05) is 24.3 Å². The fourth-order valence-corrected chi connectivity index (χ4v) is 2.41. The second-order valence-corrected chi connectivity index (χ2v) is 6.56. The predicted octanol–water partition coefficient (Wildman–Crippen LogP) is 3.58. The van der Waals surface area contributed by atoms with Crippen molar-refractivity contribution < 1.29 is 4.74 Å². The number of ether oxygens (including phenoxy) is 1. The highest BCUT2D eigenvalue weighted by atomic mass is 32.1. The zero-order valence-corrected chi connectivity index (χ0v) is 16.3. The number of unbranched alkanes of at least 4 members (excludes halogenated alkanes) is 2. The van der Waals surface area contributed by atoms with Crippen LogP contribution in [0.3, 0.4) is 0 Å². The van der Waals surface area contributed by atoms with Gasteiger partial charge < -0.3 is 15.4 Å². The van der Waals surface area contributed by atoms with E-state index in [0.29, 0.717) is 16.1 Å². The highest BCUT2D eigenvalue weighted by Gasteiger charge is 2.04. The lowest BCUT2D eigenvalue weighted by Gasteiger charge is -2.17. The van der Waals surface area contributed by atoms with Gasteiger partial charge in [-0.1, -0.05) is 33.1 Å². The van der Waals surface area contributed by atoms with E-state index in [0.717, 1.165) is 18.0 Å². The number of rotatable bonds is 8. The molecule has 0 aliphatic rings. The zero-order valence-electron chi connectivity index (χ0n) is 14.6. The molecule has 4 N–H and O–H groups in total. The summed E-state index contributed by atoms with van der Waals surface area (Å²) >= 11 is 10.5. The predicted molar refractivity (Wildman–Crippen MR) is 109 cm³/mol. The standard InChI is InChI=1S/C17H28N4OS2/c1-4-5-6-7-13(2)12-18-16(23)20-21-17(24)19-14-8-10-15(22-3)11-9-14/h8-11,13H,4-7,12H2,1-3H3,(H2,18,20,23)(H2,19,21,24)/t13-/m1/s1. The maximum atomic E-state index is 5.23. The summed E-state index contributed by atoms with van der Waals surface area (Å²) in [6.07, 6.45) is 5.03. The summed E-state index contributed by atoms with van der Waals surface area (Å²) < 4.78 is 5.12. The molecular weight excluding hydrogens is 340 g/mol. The van der Waals surface area contributed by atoms with E-state index in [1.165, 1.54) is 25.7 Å². The minimum atomic E-state index is 0.445. The first-order valence-corrected chi connectivity index (χ1v) is 9.11. The number of anilines is 1. The van der Waals surface area contributed by atoms with Crippen LogP contribution in [0.25, 0.3) is 0 Å². The quantitative estimate of drug-likeness (QED) is 0.318. The van der Waals surface area contributed by atoms with Crippen molar-refractivity contribution in [1.82, 2.24) is 16.2 Å². The third-order valence-electron chi connectivity index (χ3n) is 3.55. The lowest BCUT2D eigenvalue weighted by Crippen LogP contribution is -2.48. The van der Waals surface area contributed by atoms with Crippen molar-refractivity contribution in [3.8, 4) is 5.75 Å². The van der Waals surface area contributed by atoms with Gasteiger partial charge in [-0.05, 0) is 61.0 Å². The molecule has 0 unspecified atom stereocenters. The van der Waals surface area contributed by atoms with Gasteiger partial charge in [-0.25, -0.2) is 0 Å². The van der Waals surface area contributed by atoms with Crippen LogP contribution < -0.4 is 26.2 Å². The Morgan fingerprint density at radius 1 is 1.08 bits per heavy atom. The first-order valence-electron chi connectivity index (χ1n) is 8.30. The normalized spacial score (nSPS) is 11.3. The van der Waals surface area contributed by atoms with Crippen molar-refractivity contribution in [2.45, 2.75) is 39.5 Å². The maximum absolute atomic E-state index is 5.23. The third kappa shape index (κ3) is 8.88. The van der Waals surface area contributed by atoms with Crippen molar-refractivity contribution >= 4 is 40.3 Å². The summed E-state index contributed by atoms with van der Waals surface area (Å²) in [5, 5.41) is 7.24. The fourth-order valence-electron chi connectivity index (χ4n) is 2.11. The first kappa shape index (κ1) is 20.4. The van der Waals surface area contributed by atoms with Crippen molar-refractivity contribution in [2.75, 3.05) is 19.0 Å². The number of methoxy groups -OCH3 is 1. The van der Waals surface area contributed by atoms with Crippen LogP contribution in [0.4, 0.5) is 5.69 Å². The van der Waals surface area contributed by atoms with Crippen molar-refractivity contribution in [2.24, 2.45) is 5.92 Å². The summed E-state index contributed by atoms with van der Waals surface area (Å²) in [4.78, 5) is 0. The maximum Gasteiger partial charge on any atom is 0.189 e. The number of hydrogen-bond donors (Lipinski definition) is 4. The van der Waals surface area contributed by atoms with Gasteiger partial charge in [-0.2, -0.15) is 0 Å². The number of benzene rings is 1. The van der Waals surface area contributed by atoms with E-state index in [-0.39, 0.29) is 0 Å². The van der Waals surface area contributed by atoms with Crippen LogP contribution in [0.5, 0.6) is 5.75 Å². The highest BCUT2D eigenvalue weighted by Crippen LogP contribution is 2.14. The molecule has 0 bridgehead atoms. The van der Waals surface area contributed by atoms with E-state index < -0.39 is 0 Å². The fraction of sp³-hybridized carbons (Fsp3) is 0.529. The second kappa shape index (κ2) is 11.9. The molecule has 0 fully saturated rings. The Morgan fingerprint density at radius 2 is 1.75 bits per heavy atom. The summed E-state index contributed by atoms with van der Waals surface area (Å²) in [5.74, 6) is 1.40. The average molecular weight is 369 g/mol. The molecule has 0 aromatic heterocycles. The van der Waals surface area contributed by atoms with Crippen LogP contribution in [0, 0.1) is 5.92 Å². The molecule has 1 atom stereocenters. The Kier molecular flexibility index (Phi) is 10.1. The van der Waals surface area contributed by atoms with Crippen molar-refractivity contribution in [3.05, 3.63) is 24.3 Å². The van der Waals surface area contributed by atoms with E-state index in [4.69, 9.17) is 29.2 Å². The molecular formula is C17H28N4OS2. The Morgan fingerprint density at radius 3 is 2.38 bits per heavy atom. The summed E-state index contributed by atoms with van der Waals surface area (Å²) in [6, 6.07) is 7.51. The van der Waals surface area contributed by atoms with Gasteiger partial charge in [0.05, 0.1) is 7.11 Å². The van der Waals surface area contributed by atoms with Gasteiger partial charge in [0.25, 0.3) is 0 Å². The van der Waals surface area contributed by atoms with Crippen molar-refractivity contribution in [3.63, 3.8) is 0 Å². The first-order chi connectivity index (χ1) is 11.5. The molecule has 1 aromatic carbocycles. The molecule has 24 heavy (non-hydrogen) atoms. The molecule has 1 rings (SSSR count). The molecule has 0 amide bonds. The number of hydrogen-bond acceptors (Lipinski definition) is 3. The van der Waals surface area contributed by atoms with Crippen LogP contribution >= 0.6 is 24.4 Å². The van der Waals surface area contributed by atoms with Gasteiger partial charge in [0, 0.05) is 12.2 Å². The van der Waals surface area contributed by atoms with E-state index >= 15 is 0 Å². The van der Waals surface area contributed by atoms with E-state index in [1.54, 1.807) is 7.11 Å². The minimum Gasteiger partial charge on any atom is -0.497 e. The molecule has 0 saturated heterocycles. The SMILES string of the molecule is CCCCC[C@@H](C)CNC(=S)NNC(=S)Nc1ccc(OC)cc1. The topological polar surface area (TPSA) is 57.3 Å². The summed E-state index contributed by atoms with van der Waals surface area (Å²) in [5.41, 5.74) is 6.63. The molecule has 7 heteroatoms. The van der Waals surface area contributed by atoms with Gasteiger partial charge in [0.15, 0.2) is 10.2 Å². The molecule has 0 saturated carbocycles. The summed E-state index contributed by atoms with van der Waals surface area (Å²) in [6.45, 7) is 5.31. The second-order valence-electron chi connectivity index (χ2n) is 5.74. The van der Waals surface area contributed by atoms with E-state index in [9.17, 15) is 0 Å². The Bertz CT molecular complexity index is 508. The smallest absolute Gasteiger partial charge is 0.189 e. The van der Waals surface area contributed by atoms with Crippen LogP contribution in [-0.4, -0.2) is 23.9 Å². The highest BCUT2D eigenvalue weighted by molar-refractivity contribution is 7.80. The van der Waals surface area contributed by atoms with Gasteiger partial charge in [-0.15, -0.1) is 0 Å². The van der Waals surface area contributed by atoms with Crippen LogP contribution in [-0.2, 0) is 0 Å². The Labute approximate surface area is 155 Å². The zero-order chi connectivity index (χ0) is 17.8. The van der Waals surface area contributed by atoms with Crippen molar-refractivity contribution in [1.29, 1.82) is 0 Å². The molecule has 1 aromatic rings. The largest absolute Gasteiger partial charge is 0.497 e. The van der Waals surface area contributed by atoms with Gasteiger partial charge in [0.2, 0.25) is 0 Å².